The summed E-state index contributed by atoms with van der Waals surface area (Å²) >= 11 is 1.80. The average molecular weight is 240 g/mol. The van der Waals surface area contributed by atoms with Gasteiger partial charge in [0.05, 0.1) is 13.0 Å². The van der Waals surface area contributed by atoms with Gasteiger partial charge in [-0.05, 0) is 36.1 Å². The molecule has 0 aromatic heterocycles. The summed E-state index contributed by atoms with van der Waals surface area (Å²) in [6.45, 7) is 0.707. The molecule has 1 N–H and O–H groups in total. The van der Waals surface area contributed by atoms with E-state index in [1.807, 2.05) is 12.1 Å². The van der Waals surface area contributed by atoms with Gasteiger partial charge in [-0.3, -0.25) is 4.79 Å². The van der Waals surface area contributed by atoms with E-state index in [2.05, 4.69) is 6.26 Å². The van der Waals surface area contributed by atoms with Gasteiger partial charge in [0.1, 0.15) is 5.75 Å². The Hall–Kier alpha value is -1.16. The fourth-order valence-electron chi connectivity index (χ4n) is 1.27. The molecule has 1 rings (SSSR count). The largest absolute Gasteiger partial charge is 0.494 e. The second-order valence-corrected chi connectivity index (χ2v) is 4.39. The van der Waals surface area contributed by atoms with Crippen molar-refractivity contribution in [3.63, 3.8) is 0 Å². The van der Waals surface area contributed by atoms with Gasteiger partial charge in [-0.25, -0.2) is 0 Å². The van der Waals surface area contributed by atoms with E-state index in [1.165, 1.54) is 0 Å². The van der Waals surface area contributed by atoms with Crippen LogP contribution in [-0.2, 0) is 11.2 Å². The van der Waals surface area contributed by atoms with Crippen molar-refractivity contribution >= 4 is 17.7 Å². The highest BCUT2D eigenvalue weighted by atomic mass is 32.2. The summed E-state index contributed by atoms with van der Waals surface area (Å²) in [4.78, 5) is 10.5. The molecule has 0 atom stereocenters. The van der Waals surface area contributed by atoms with E-state index < -0.39 is 5.97 Å². The van der Waals surface area contributed by atoms with Gasteiger partial charge in [0.15, 0.2) is 0 Å². The van der Waals surface area contributed by atoms with Crippen molar-refractivity contribution in [2.45, 2.75) is 12.8 Å². The maximum atomic E-state index is 10.5. The fourth-order valence-corrected chi connectivity index (χ4v) is 1.68. The van der Waals surface area contributed by atoms with Crippen molar-refractivity contribution in [2.24, 2.45) is 0 Å². The normalized spacial score (nSPS) is 10.1. The average Bonchev–Trinajstić information content (AvgIpc) is 2.26. The Kier molecular flexibility index (Phi) is 5.78. The number of carboxylic acids is 1. The summed E-state index contributed by atoms with van der Waals surface area (Å²) in [5.41, 5.74) is 0.795. The van der Waals surface area contributed by atoms with Crippen molar-refractivity contribution in [2.75, 3.05) is 18.6 Å². The van der Waals surface area contributed by atoms with E-state index in [-0.39, 0.29) is 6.42 Å². The molecule has 0 saturated heterocycles. The van der Waals surface area contributed by atoms with Gasteiger partial charge in [-0.1, -0.05) is 12.1 Å². The quantitative estimate of drug-likeness (QED) is 0.744. The first-order chi connectivity index (χ1) is 7.72. The van der Waals surface area contributed by atoms with E-state index in [1.54, 1.807) is 23.9 Å². The molecule has 0 saturated carbocycles. The third kappa shape index (κ3) is 5.07. The minimum Gasteiger partial charge on any atom is -0.494 e. The minimum atomic E-state index is -0.811. The monoisotopic (exact) mass is 240 g/mol. The van der Waals surface area contributed by atoms with Crippen LogP contribution in [0.5, 0.6) is 5.75 Å². The SMILES string of the molecule is CSCCCOc1ccc(CC(=O)O)cc1. The van der Waals surface area contributed by atoms with Crippen LogP contribution in [0.15, 0.2) is 24.3 Å². The predicted octanol–water partition coefficient (Wildman–Crippen LogP) is 2.45. The zero-order valence-corrected chi connectivity index (χ0v) is 10.1. The van der Waals surface area contributed by atoms with Crippen LogP contribution in [-0.4, -0.2) is 29.7 Å². The molecule has 0 radical (unpaired) electrons. The number of aliphatic carboxylic acids is 1. The summed E-state index contributed by atoms with van der Waals surface area (Å²) in [5, 5.41) is 8.60. The molecular weight excluding hydrogens is 224 g/mol. The molecule has 0 amide bonds. The Bertz CT molecular complexity index is 322. The number of rotatable bonds is 7. The minimum absolute atomic E-state index is 0.0623. The fraction of sp³-hybridized carbons (Fsp3) is 0.417. The molecule has 0 aliphatic rings. The lowest BCUT2D eigenvalue weighted by molar-refractivity contribution is -0.136. The molecule has 16 heavy (non-hydrogen) atoms. The summed E-state index contributed by atoms with van der Waals surface area (Å²) < 4.78 is 5.51. The Balaban J connectivity index is 2.36. The highest BCUT2D eigenvalue weighted by Gasteiger charge is 2.00. The van der Waals surface area contributed by atoms with Crippen LogP contribution in [0.3, 0.4) is 0 Å². The molecule has 0 aliphatic carbocycles. The number of thioether (sulfide) groups is 1. The lowest BCUT2D eigenvalue weighted by Gasteiger charge is -2.05. The molecule has 0 fully saturated rings. The van der Waals surface area contributed by atoms with Crippen LogP contribution in [0.25, 0.3) is 0 Å². The van der Waals surface area contributed by atoms with E-state index in [0.717, 1.165) is 23.5 Å². The maximum absolute atomic E-state index is 10.5. The first-order valence-electron chi connectivity index (χ1n) is 5.15. The highest BCUT2D eigenvalue weighted by molar-refractivity contribution is 7.98. The van der Waals surface area contributed by atoms with Gasteiger partial charge < -0.3 is 9.84 Å². The molecule has 0 heterocycles. The molecule has 3 nitrogen and oxygen atoms in total. The van der Waals surface area contributed by atoms with E-state index in [0.29, 0.717) is 6.61 Å². The maximum Gasteiger partial charge on any atom is 0.307 e. The Labute approximate surface area is 99.8 Å². The number of hydrogen-bond donors (Lipinski definition) is 1. The van der Waals surface area contributed by atoms with Gasteiger partial charge in [-0.2, -0.15) is 11.8 Å². The molecule has 4 heteroatoms. The van der Waals surface area contributed by atoms with Gasteiger partial charge in [0, 0.05) is 0 Å². The van der Waals surface area contributed by atoms with Crippen molar-refractivity contribution in [1.29, 1.82) is 0 Å². The molecular formula is C12H16O3S. The molecule has 0 aliphatic heterocycles. The van der Waals surface area contributed by atoms with Crippen LogP contribution in [0.4, 0.5) is 0 Å². The summed E-state index contributed by atoms with van der Waals surface area (Å²) in [5.74, 6) is 1.08. The van der Waals surface area contributed by atoms with Crippen molar-refractivity contribution in [3.8, 4) is 5.75 Å². The molecule has 0 unspecified atom stereocenters. The van der Waals surface area contributed by atoms with E-state index in [4.69, 9.17) is 9.84 Å². The summed E-state index contributed by atoms with van der Waals surface area (Å²) in [6, 6.07) is 7.21. The second-order valence-electron chi connectivity index (χ2n) is 3.41. The van der Waals surface area contributed by atoms with Gasteiger partial charge in [0.2, 0.25) is 0 Å². The number of benzene rings is 1. The van der Waals surface area contributed by atoms with Crippen LogP contribution in [0.2, 0.25) is 0 Å². The van der Waals surface area contributed by atoms with Gasteiger partial charge >= 0.3 is 5.97 Å². The van der Waals surface area contributed by atoms with Gasteiger partial charge in [-0.15, -0.1) is 0 Å². The third-order valence-corrected chi connectivity index (χ3v) is 2.74. The molecule has 1 aromatic carbocycles. The van der Waals surface area contributed by atoms with Crippen molar-refractivity contribution < 1.29 is 14.6 Å². The molecule has 88 valence electrons. The summed E-state index contributed by atoms with van der Waals surface area (Å²) in [6.07, 6.45) is 3.16. The zero-order valence-electron chi connectivity index (χ0n) is 9.31. The summed E-state index contributed by atoms with van der Waals surface area (Å²) in [7, 11) is 0. The topological polar surface area (TPSA) is 46.5 Å². The number of ether oxygens (including phenoxy) is 1. The van der Waals surface area contributed by atoms with Crippen LogP contribution < -0.4 is 4.74 Å². The Morgan fingerprint density at radius 2 is 2.06 bits per heavy atom. The number of carbonyl (C=O) groups is 1. The number of hydrogen-bond acceptors (Lipinski definition) is 3. The van der Waals surface area contributed by atoms with Crippen LogP contribution >= 0.6 is 11.8 Å². The van der Waals surface area contributed by atoms with Crippen molar-refractivity contribution in [1.82, 2.24) is 0 Å². The van der Waals surface area contributed by atoms with Crippen molar-refractivity contribution in [3.05, 3.63) is 29.8 Å². The lowest BCUT2D eigenvalue weighted by Crippen LogP contribution is -2.01. The van der Waals surface area contributed by atoms with E-state index >= 15 is 0 Å². The number of carboxylic acid groups (broad SMARTS) is 1. The molecule has 0 bridgehead atoms. The zero-order chi connectivity index (χ0) is 11.8. The Morgan fingerprint density at radius 1 is 1.38 bits per heavy atom. The van der Waals surface area contributed by atoms with Crippen LogP contribution in [0, 0.1) is 0 Å². The third-order valence-electron chi connectivity index (χ3n) is 2.04. The van der Waals surface area contributed by atoms with Gasteiger partial charge in [0.25, 0.3) is 0 Å². The molecule has 1 aromatic rings. The first kappa shape index (κ1) is 12.9. The first-order valence-corrected chi connectivity index (χ1v) is 6.54. The van der Waals surface area contributed by atoms with E-state index in [9.17, 15) is 4.79 Å². The second kappa shape index (κ2) is 7.17. The highest BCUT2D eigenvalue weighted by Crippen LogP contribution is 2.13. The Morgan fingerprint density at radius 3 is 2.62 bits per heavy atom. The van der Waals surface area contributed by atoms with Crippen LogP contribution in [0.1, 0.15) is 12.0 Å². The standard InChI is InChI=1S/C12H16O3S/c1-16-8-2-7-15-11-5-3-10(4-6-11)9-12(13)14/h3-6H,2,7-9H2,1H3,(H,13,14). The molecule has 0 spiro atoms. The predicted molar refractivity (Wildman–Crippen MR) is 66.3 cm³/mol. The lowest BCUT2D eigenvalue weighted by atomic mass is 10.1. The smallest absolute Gasteiger partial charge is 0.307 e.